The molecule has 0 aliphatic carbocycles. The Labute approximate surface area is 187 Å². The molecule has 0 unspecified atom stereocenters. The minimum atomic E-state index is -1.29. The first-order valence-electron chi connectivity index (χ1n) is 10.9. The van der Waals surface area contributed by atoms with Crippen molar-refractivity contribution in [3.8, 4) is 5.75 Å². The molecule has 32 heavy (non-hydrogen) atoms. The van der Waals surface area contributed by atoms with Gasteiger partial charge in [-0.15, -0.1) is 5.10 Å². The van der Waals surface area contributed by atoms with Crippen LogP contribution in [0.3, 0.4) is 0 Å². The normalized spacial score (nSPS) is 15.3. The number of para-hydroxylation sites is 1. The summed E-state index contributed by atoms with van der Waals surface area (Å²) in [4.78, 5) is 24.9. The highest BCUT2D eigenvalue weighted by molar-refractivity contribution is 6.47. The van der Waals surface area contributed by atoms with Crippen LogP contribution < -0.4 is 15.3 Å². The predicted octanol–water partition coefficient (Wildman–Crippen LogP) is 0.873. The highest BCUT2D eigenvalue weighted by atomic mass is 16.5. The molecule has 0 saturated carbocycles. The van der Waals surface area contributed by atoms with Gasteiger partial charge in [-0.3, -0.25) is 4.79 Å². The van der Waals surface area contributed by atoms with Gasteiger partial charge in [-0.2, -0.15) is 0 Å². The van der Waals surface area contributed by atoms with Crippen LogP contribution in [0.5, 0.6) is 5.75 Å². The molecular weight excluding hydrogens is 413 g/mol. The Kier molecular flexibility index (Phi) is 8.23. The number of nitrogens with zero attached hydrogens (tertiary/aromatic N) is 3. The van der Waals surface area contributed by atoms with Crippen molar-refractivity contribution < 1.29 is 24.0 Å². The number of benzene rings is 1. The maximum atomic E-state index is 12.5. The quantitative estimate of drug-likeness (QED) is 0.281. The summed E-state index contributed by atoms with van der Waals surface area (Å²) < 4.78 is 12.3. The number of carbonyl (C=O) groups excluding carboxylic acids is 2. The lowest BCUT2D eigenvalue weighted by Crippen LogP contribution is -2.53. The van der Waals surface area contributed by atoms with E-state index in [2.05, 4.69) is 20.9 Å². The minimum absolute atomic E-state index is 0.0332. The van der Waals surface area contributed by atoms with Crippen molar-refractivity contribution in [3.63, 3.8) is 0 Å². The first-order valence-corrected chi connectivity index (χ1v) is 10.9. The van der Waals surface area contributed by atoms with Crippen molar-refractivity contribution in [1.82, 2.24) is 25.6 Å². The maximum absolute atomic E-state index is 12.5. The van der Waals surface area contributed by atoms with Crippen LogP contribution in [-0.4, -0.2) is 57.6 Å². The van der Waals surface area contributed by atoms with E-state index >= 15 is 0 Å². The molecule has 0 spiro atoms. The van der Waals surface area contributed by atoms with Crippen LogP contribution in [0.4, 0.5) is 0 Å². The average molecular weight is 443 g/mol. The molecule has 0 bridgehead atoms. The molecule has 0 fully saturated rings. The Hall–Kier alpha value is -2.92. The van der Waals surface area contributed by atoms with E-state index in [9.17, 15) is 14.6 Å². The molecule has 1 aliphatic rings. The molecule has 1 amide bonds. The second-order valence-electron chi connectivity index (χ2n) is 8.11. The van der Waals surface area contributed by atoms with Crippen LogP contribution in [-0.2, 0) is 29.0 Å². The molecule has 1 aromatic heterocycles. The third kappa shape index (κ3) is 6.30. The van der Waals surface area contributed by atoms with Crippen molar-refractivity contribution in [2.24, 2.45) is 0 Å². The van der Waals surface area contributed by atoms with Crippen molar-refractivity contribution in [2.75, 3.05) is 6.61 Å². The number of aromatic nitrogens is 3. The molecule has 0 saturated heterocycles. The number of rotatable bonds is 10. The summed E-state index contributed by atoms with van der Waals surface area (Å²) in [6, 6.07) is 5.46. The number of amides is 1. The van der Waals surface area contributed by atoms with Gasteiger partial charge in [0, 0.05) is 12.6 Å². The summed E-state index contributed by atoms with van der Waals surface area (Å²) in [6.45, 7) is 6.94. The monoisotopic (exact) mass is 443 g/mol. The lowest BCUT2D eigenvalue weighted by molar-refractivity contribution is -0.122. The Balaban J connectivity index is 1.59. The predicted molar refractivity (Wildman–Crippen MR) is 118 cm³/mol. The molecule has 2 aromatic rings. The number of esters is 1. The van der Waals surface area contributed by atoms with Crippen LogP contribution in [0.2, 0.25) is 0 Å². The van der Waals surface area contributed by atoms with E-state index in [1.165, 1.54) is 4.68 Å². The zero-order chi connectivity index (χ0) is 23.1. The zero-order valence-electron chi connectivity index (χ0n) is 18.7. The molecular formula is C21H30BN5O5. The Morgan fingerprint density at radius 3 is 2.97 bits per heavy atom. The fourth-order valence-electron chi connectivity index (χ4n) is 3.30. The minimum Gasteiger partial charge on any atom is -0.534 e. The van der Waals surface area contributed by atoms with Gasteiger partial charge in [0.25, 0.3) is 0 Å². The van der Waals surface area contributed by atoms with Crippen LogP contribution >= 0.6 is 0 Å². The number of hydrogen-bond acceptors (Lipinski definition) is 8. The van der Waals surface area contributed by atoms with Gasteiger partial charge in [-0.25, -0.2) is 9.48 Å². The van der Waals surface area contributed by atoms with Gasteiger partial charge in [0.1, 0.15) is 17.9 Å². The fraction of sp³-hybridized carbons (Fsp3) is 0.524. The smallest absolute Gasteiger partial charge is 0.534 e. The first-order chi connectivity index (χ1) is 15.4. The van der Waals surface area contributed by atoms with Crippen molar-refractivity contribution in [2.45, 2.75) is 65.1 Å². The van der Waals surface area contributed by atoms with Crippen molar-refractivity contribution >= 4 is 19.0 Å². The topological polar surface area (TPSA) is 128 Å². The molecule has 1 atom stereocenters. The van der Waals surface area contributed by atoms with E-state index in [0.717, 1.165) is 18.5 Å². The molecule has 1 aromatic carbocycles. The van der Waals surface area contributed by atoms with Crippen LogP contribution in [0.25, 0.3) is 0 Å². The summed E-state index contributed by atoms with van der Waals surface area (Å²) in [5, 5.41) is 24.5. The van der Waals surface area contributed by atoms with E-state index < -0.39 is 19.0 Å². The van der Waals surface area contributed by atoms with E-state index in [1.807, 2.05) is 20.8 Å². The fourth-order valence-corrected chi connectivity index (χ4v) is 3.30. The van der Waals surface area contributed by atoms with E-state index in [4.69, 9.17) is 9.39 Å². The van der Waals surface area contributed by atoms with Gasteiger partial charge < -0.3 is 25.0 Å². The number of hydrogen-bond donors (Lipinski definition) is 3. The van der Waals surface area contributed by atoms with Crippen LogP contribution in [0.1, 0.15) is 55.2 Å². The Morgan fingerprint density at radius 1 is 1.41 bits per heavy atom. The molecule has 3 N–H and O–H groups in total. The summed E-state index contributed by atoms with van der Waals surface area (Å²) in [6.07, 6.45) is 3.72. The standard InChI is InChI=1S/C21H30BN5O5/c1-4-5-9-31-21(29)17-8-6-7-15-10-18(22(30)32-20(15)17)24-19(28)13-27-12-16(25-26-27)11-23-14(2)3/h6-8,12,14,18,23,30H,4-5,9-11,13H2,1-3H3,(H,24,28)/t18-/m0/s1. The van der Waals surface area contributed by atoms with Gasteiger partial charge in [0.15, 0.2) is 0 Å². The van der Waals surface area contributed by atoms with Crippen molar-refractivity contribution in [1.29, 1.82) is 0 Å². The maximum Gasteiger partial charge on any atom is 0.547 e. The number of fused-ring (bicyclic) bond motifs is 1. The van der Waals surface area contributed by atoms with E-state index in [1.54, 1.807) is 24.4 Å². The van der Waals surface area contributed by atoms with Gasteiger partial charge in [-0.05, 0) is 24.5 Å². The Bertz CT molecular complexity index is 935. The molecule has 3 rings (SSSR count). The molecule has 0 radical (unpaired) electrons. The van der Waals surface area contributed by atoms with Gasteiger partial charge >= 0.3 is 13.1 Å². The zero-order valence-corrected chi connectivity index (χ0v) is 18.7. The molecule has 2 heterocycles. The van der Waals surface area contributed by atoms with Crippen molar-refractivity contribution in [3.05, 3.63) is 41.2 Å². The Morgan fingerprint density at radius 2 is 2.22 bits per heavy atom. The second-order valence-corrected chi connectivity index (χ2v) is 8.11. The third-order valence-corrected chi connectivity index (χ3v) is 5.00. The summed E-state index contributed by atoms with van der Waals surface area (Å²) in [5.74, 6) is -1.18. The van der Waals surface area contributed by atoms with E-state index in [0.29, 0.717) is 36.9 Å². The number of carbonyl (C=O) groups is 2. The number of ether oxygens (including phenoxy) is 1. The second kappa shape index (κ2) is 11.1. The SMILES string of the molecule is CCCCOC(=O)c1cccc2c1OB(O)[C@@H](NC(=O)Cn1cc(CNC(C)C)nn1)C2. The number of unbranched alkanes of at least 4 members (excludes halogenated alkanes) is 1. The summed E-state index contributed by atoms with van der Waals surface area (Å²) in [5.41, 5.74) is 1.72. The lowest BCUT2D eigenvalue weighted by atomic mass is 9.72. The molecule has 1 aliphatic heterocycles. The summed E-state index contributed by atoms with van der Waals surface area (Å²) >= 11 is 0. The van der Waals surface area contributed by atoms with Gasteiger partial charge in [-0.1, -0.05) is 44.5 Å². The molecule has 10 nitrogen and oxygen atoms in total. The molecule has 11 heteroatoms. The van der Waals surface area contributed by atoms with Gasteiger partial charge in [0.05, 0.1) is 24.4 Å². The first kappa shape index (κ1) is 23.7. The lowest BCUT2D eigenvalue weighted by Gasteiger charge is -2.29. The van der Waals surface area contributed by atoms with Crippen LogP contribution in [0.15, 0.2) is 24.4 Å². The summed E-state index contributed by atoms with van der Waals surface area (Å²) in [7, 11) is -1.29. The average Bonchev–Trinajstić information content (AvgIpc) is 3.19. The highest BCUT2D eigenvalue weighted by Crippen LogP contribution is 2.30. The highest BCUT2D eigenvalue weighted by Gasteiger charge is 2.38. The van der Waals surface area contributed by atoms with Crippen LogP contribution in [0, 0.1) is 0 Å². The largest absolute Gasteiger partial charge is 0.547 e. The van der Waals surface area contributed by atoms with Gasteiger partial charge in [0.2, 0.25) is 5.91 Å². The van der Waals surface area contributed by atoms with E-state index in [-0.39, 0.29) is 18.0 Å². The third-order valence-electron chi connectivity index (χ3n) is 5.00. The molecule has 172 valence electrons. The number of nitrogens with one attached hydrogen (secondary N) is 2.